The number of hydrogen-bond acceptors (Lipinski definition) is 7. The zero-order valence-electron chi connectivity index (χ0n) is 16.1. The predicted molar refractivity (Wildman–Crippen MR) is 106 cm³/mol. The van der Waals surface area contributed by atoms with Crippen molar-refractivity contribution in [1.29, 1.82) is 0 Å². The molecule has 1 aliphatic carbocycles. The van der Waals surface area contributed by atoms with Crippen LogP contribution in [0.5, 0.6) is 17.2 Å². The largest absolute Gasteiger partial charge is 0.496 e. The van der Waals surface area contributed by atoms with Crippen LogP contribution in [0.2, 0.25) is 0 Å². The molecule has 0 amide bonds. The van der Waals surface area contributed by atoms with Crippen molar-refractivity contribution in [3.05, 3.63) is 35.4 Å². The maximum atomic E-state index is 13.0. The van der Waals surface area contributed by atoms with Crippen LogP contribution < -0.4 is 19.9 Å². The molecule has 2 N–H and O–H groups in total. The van der Waals surface area contributed by atoms with E-state index in [0.717, 1.165) is 38.4 Å². The van der Waals surface area contributed by atoms with Gasteiger partial charge in [-0.15, -0.1) is 0 Å². The first-order valence-corrected chi connectivity index (χ1v) is 9.31. The monoisotopic (exact) mass is 384 g/mol. The molecular weight excluding hydrogens is 360 g/mol. The summed E-state index contributed by atoms with van der Waals surface area (Å²) in [7, 11) is 3.08. The van der Waals surface area contributed by atoms with E-state index in [9.17, 15) is 4.79 Å². The number of fused-ring (bicyclic) bond motifs is 3. The van der Waals surface area contributed by atoms with Gasteiger partial charge in [-0.3, -0.25) is 9.69 Å². The second kappa shape index (κ2) is 7.69. The van der Waals surface area contributed by atoms with Crippen molar-refractivity contribution >= 4 is 11.5 Å². The molecule has 4 rings (SSSR count). The molecule has 7 heteroatoms. The first kappa shape index (κ1) is 18.6. The topological polar surface area (TPSA) is 83.2 Å². The van der Waals surface area contributed by atoms with Crippen molar-refractivity contribution in [2.45, 2.75) is 0 Å². The minimum Gasteiger partial charge on any atom is -0.496 e. The van der Waals surface area contributed by atoms with Gasteiger partial charge in [0, 0.05) is 42.4 Å². The fourth-order valence-corrected chi connectivity index (χ4v) is 3.81. The highest BCUT2D eigenvalue weighted by molar-refractivity contribution is 6.26. The van der Waals surface area contributed by atoms with E-state index in [-0.39, 0.29) is 5.78 Å². The number of ether oxygens (including phenoxy) is 4. The minimum absolute atomic E-state index is 0.140. The van der Waals surface area contributed by atoms with Crippen LogP contribution in [0.25, 0.3) is 11.1 Å². The smallest absolute Gasteiger partial charge is 0.196 e. The molecule has 1 saturated heterocycles. The van der Waals surface area contributed by atoms with E-state index in [1.807, 2.05) is 12.1 Å². The lowest BCUT2D eigenvalue weighted by Gasteiger charge is -2.26. The molecule has 0 atom stereocenters. The van der Waals surface area contributed by atoms with E-state index in [4.69, 9.17) is 24.7 Å². The molecule has 0 spiro atoms. The number of methoxy groups -OCH3 is 2. The highest BCUT2D eigenvalue weighted by atomic mass is 16.5. The van der Waals surface area contributed by atoms with Crippen LogP contribution in [0.4, 0.5) is 5.69 Å². The summed E-state index contributed by atoms with van der Waals surface area (Å²) in [5, 5.41) is 0. The number of morpholine rings is 1. The highest BCUT2D eigenvalue weighted by Crippen LogP contribution is 2.51. The Bertz CT molecular complexity index is 906. The first-order chi connectivity index (χ1) is 13.7. The Hall–Kier alpha value is -2.77. The third kappa shape index (κ3) is 3.06. The maximum absolute atomic E-state index is 13.0. The lowest BCUT2D eigenvalue weighted by molar-refractivity contribution is 0.0323. The number of benzene rings is 2. The van der Waals surface area contributed by atoms with Gasteiger partial charge in [-0.05, 0) is 6.07 Å². The second-order valence-corrected chi connectivity index (χ2v) is 6.76. The predicted octanol–water partition coefficient (Wildman–Crippen LogP) is 2.21. The number of ketones is 1. The minimum atomic E-state index is -0.140. The van der Waals surface area contributed by atoms with Crippen molar-refractivity contribution in [1.82, 2.24) is 4.90 Å². The molecule has 148 valence electrons. The van der Waals surface area contributed by atoms with Crippen LogP contribution in [0.1, 0.15) is 15.9 Å². The number of nitrogens with two attached hydrogens (primary N) is 1. The Balaban J connectivity index is 1.68. The Labute approximate surface area is 163 Å². The molecule has 0 aromatic heterocycles. The molecule has 1 fully saturated rings. The van der Waals surface area contributed by atoms with Crippen LogP contribution in [0, 0.1) is 0 Å². The number of nitrogen functional groups attached to an aromatic ring is 1. The summed E-state index contributed by atoms with van der Waals surface area (Å²) in [5.74, 6) is 1.47. The van der Waals surface area contributed by atoms with Crippen LogP contribution >= 0.6 is 0 Å². The van der Waals surface area contributed by atoms with Gasteiger partial charge in [0.2, 0.25) is 0 Å². The normalized spacial score (nSPS) is 15.9. The SMILES string of the molecule is COc1cc(OC)c2c(c1N)C(=O)c1cccc(OCCN3CCOCC3)c1-2. The highest BCUT2D eigenvalue weighted by Gasteiger charge is 2.35. The van der Waals surface area contributed by atoms with Crippen molar-refractivity contribution < 1.29 is 23.7 Å². The van der Waals surface area contributed by atoms with Gasteiger partial charge < -0.3 is 24.7 Å². The van der Waals surface area contributed by atoms with Gasteiger partial charge in [-0.25, -0.2) is 0 Å². The molecule has 2 aromatic carbocycles. The van der Waals surface area contributed by atoms with Crippen LogP contribution in [-0.4, -0.2) is 64.4 Å². The Morgan fingerprint density at radius 2 is 1.79 bits per heavy atom. The molecule has 2 aliphatic rings. The van der Waals surface area contributed by atoms with Gasteiger partial charge >= 0.3 is 0 Å². The first-order valence-electron chi connectivity index (χ1n) is 9.31. The summed E-state index contributed by atoms with van der Waals surface area (Å²) < 4.78 is 22.3. The fraction of sp³-hybridized carbons (Fsp3) is 0.381. The summed E-state index contributed by atoms with van der Waals surface area (Å²) in [6, 6.07) is 7.20. The lowest BCUT2D eigenvalue weighted by atomic mass is 10.0. The van der Waals surface area contributed by atoms with Crippen molar-refractivity contribution in [2.75, 3.05) is 59.4 Å². The number of hydrogen-bond donors (Lipinski definition) is 1. The third-order valence-corrected chi connectivity index (χ3v) is 5.25. The van der Waals surface area contributed by atoms with Gasteiger partial charge in [-0.1, -0.05) is 12.1 Å². The standard InChI is InChI=1S/C21H24N2O5/c1-25-15-12-16(26-2)20(22)19-18(15)17-13(21(19)24)4-3-5-14(17)28-11-8-23-6-9-27-10-7-23/h3-5,12H,6-11,22H2,1-2H3. The van der Waals surface area contributed by atoms with E-state index >= 15 is 0 Å². The number of nitrogens with zero attached hydrogens (tertiary/aromatic N) is 1. The van der Waals surface area contributed by atoms with E-state index in [1.165, 1.54) is 7.11 Å². The third-order valence-electron chi connectivity index (χ3n) is 5.25. The Kier molecular flexibility index (Phi) is 5.11. The average molecular weight is 384 g/mol. The molecule has 28 heavy (non-hydrogen) atoms. The number of anilines is 1. The zero-order valence-corrected chi connectivity index (χ0v) is 16.1. The van der Waals surface area contributed by atoms with Gasteiger partial charge in [-0.2, -0.15) is 0 Å². The molecule has 7 nitrogen and oxygen atoms in total. The number of carbonyl (C=O) groups is 1. The summed E-state index contributed by atoms with van der Waals surface area (Å²) in [5.41, 5.74) is 8.92. The van der Waals surface area contributed by atoms with Gasteiger partial charge in [0.25, 0.3) is 0 Å². The molecule has 1 heterocycles. The maximum Gasteiger partial charge on any atom is 0.196 e. The summed E-state index contributed by atoms with van der Waals surface area (Å²) in [6.07, 6.45) is 0. The van der Waals surface area contributed by atoms with Crippen molar-refractivity contribution in [3.8, 4) is 28.4 Å². The van der Waals surface area contributed by atoms with Gasteiger partial charge in [0.1, 0.15) is 23.9 Å². The summed E-state index contributed by atoms with van der Waals surface area (Å²) >= 11 is 0. The molecule has 0 unspecified atom stereocenters. The average Bonchev–Trinajstić information content (AvgIpc) is 3.03. The Morgan fingerprint density at radius 3 is 2.50 bits per heavy atom. The van der Waals surface area contributed by atoms with Crippen molar-refractivity contribution in [3.63, 3.8) is 0 Å². The quantitative estimate of drug-likeness (QED) is 0.653. The van der Waals surface area contributed by atoms with Crippen LogP contribution in [-0.2, 0) is 4.74 Å². The Morgan fingerprint density at radius 1 is 1.04 bits per heavy atom. The van der Waals surface area contributed by atoms with E-state index in [2.05, 4.69) is 4.90 Å². The molecular formula is C21H24N2O5. The van der Waals surface area contributed by atoms with Crippen molar-refractivity contribution in [2.24, 2.45) is 0 Å². The summed E-state index contributed by atoms with van der Waals surface area (Å²) in [6.45, 7) is 4.63. The molecule has 2 aromatic rings. The van der Waals surface area contributed by atoms with E-state index in [1.54, 1.807) is 19.2 Å². The zero-order chi connectivity index (χ0) is 19.7. The summed E-state index contributed by atoms with van der Waals surface area (Å²) in [4.78, 5) is 15.4. The number of carbonyl (C=O) groups excluding carboxylic acids is 1. The molecule has 0 bridgehead atoms. The van der Waals surface area contributed by atoms with E-state index < -0.39 is 0 Å². The van der Waals surface area contributed by atoms with Crippen LogP contribution in [0.15, 0.2) is 24.3 Å². The lowest BCUT2D eigenvalue weighted by Crippen LogP contribution is -2.38. The van der Waals surface area contributed by atoms with Gasteiger partial charge in [0.15, 0.2) is 5.78 Å². The van der Waals surface area contributed by atoms with Gasteiger partial charge in [0.05, 0.1) is 38.7 Å². The van der Waals surface area contributed by atoms with Crippen LogP contribution in [0.3, 0.4) is 0 Å². The van der Waals surface area contributed by atoms with E-state index in [0.29, 0.717) is 46.2 Å². The molecule has 0 radical (unpaired) electrons. The molecule has 1 aliphatic heterocycles. The number of rotatable bonds is 6. The second-order valence-electron chi connectivity index (χ2n) is 6.76. The fourth-order valence-electron chi connectivity index (χ4n) is 3.81. The molecule has 0 saturated carbocycles.